The summed E-state index contributed by atoms with van der Waals surface area (Å²) in [5.41, 5.74) is 1.22. The number of amidine groups is 1. The topological polar surface area (TPSA) is 67.9 Å². The van der Waals surface area contributed by atoms with Crippen molar-refractivity contribution in [2.24, 2.45) is 10.8 Å². The van der Waals surface area contributed by atoms with E-state index in [1.165, 1.54) is 5.57 Å². The molecule has 6 heteroatoms. The summed E-state index contributed by atoms with van der Waals surface area (Å²) < 4.78 is 17.2. The van der Waals surface area contributed by atoms with Gasteiger partial charge >= 0.3 is 0 Å². The van der Waals surface area contributed by atoms with Gasteiger partial charge in [0.05, 0.1) is 28.3 Å². The van der Waals surface area contributed by atoms with Crippen LogP contribution in [0.4, 0.5) is 0 Å². The molecule has 0 bridgehead atoms. The highest BCUT2D eigenvalue weighted by Crippen LogP contribution is 2.30. The maximum absolute atomic E-state index is 11.9. The Morgan fingerprint density at radius 1 is 1.41 bits per heavy atom. The molecule has 5 nitrogen and oxygen atoms in total. The summed E-state index contributed by atoms with van der Waals surface area (Å²) in [6.07, 6.45) is 2.76. The molecular weight excluding hydrogens is 238 g/mol. The van der Waals surface area contributed by atoms with Crippen LogP contribution in [0, 0.1) is 0 Å². The van der Waals surface area contributed by atoms with Gasteiger partial charge in [0.25, 0.3) is 0 Å². The summed E-state index contributed by atoms with van der Waals surface area (Å²) in [4.78, 5) is 5.37. The number of hydrogen-bond donors (Lipinski definition) is 1. The standard InChI is InChI=1S/C11H17N3O2S/c12-14(9-1-4-16-5-2-9)11-10-8(7-13-11)3-6-17(10)15/h9H,1-7,12H2. The lowest BCUT2D eigenvalue weighted by Gasteiger charge is -2.32. The SMILES string of the molecule is NN(C1=NCC2=C1S(=O)CC2)C1CCOCC1. The molecule has 1 atom stereocenters. The Kier molecular flexibility index (Phi) is 3.02. The molecular formula is C11H17N3O2S. The number of hydrogen-bond acceptors (Lipinski definition) is 5. The van der Waals surface area contributed by atoms with E-state index in [0.29, 0.717) is 6.54 Å². The Labute approximate surface area is 103 Å². The molecule has 0 aliphatic carbocycles. The zero-order valence-corrected chi connectivity index (χ0v) is 10.5. The first-order valence-electron chi connectivity index (χ1n) is 6.04. The third-order valence-corrected chi connectivity index (χ3v) is 5.09. The van der Waals surface area contributed by atoms with Crippen molar-refractivity contribution in [1.29, 1.82) is 0 Å². The predicted octanol–water partition coefficient (Wildman–Crippen LogP) is 0.160. The molecule has 0 amide bonds. The van der Waals surface area contributed by atoms with Crippen LogP contribution in [0.2, 0.25) is 0 Å². The summed E-state index contributed by atoms with van der Waals surface area (Å²) in [7, 11) is -0.887. The first-order chi connectivity index (χ1) is 8.27. The van der Waals surface area contributed by atoms with Crippen molar-refractivity contribution in [1.82, 2.24) is 5.01 Å². The van der Waals surface area contributed by atoms with Crippen LogP contribution in [-0.4, -0.2) is 46.6 Å². The van der Waals surface area contributed by atoms with E-state index in [-0.39, 0.29) is 6.04 Å². The summed E-state index contributed by atoms with van der Waals surface area (Å²) in [6, 6.07) is 0.270. The van der Waals surface area contributed by atoms with E-state index in [1.54, 1.807) is 5.01 Å². The number of nitrogens with two attached hydrogens (primary N) is 1. The van der Waals surface area contributed by atoms with Crippen LogP contribution in [0.15, 0.2) is 15.5 Å². The minimum Gasteiger partial charge on any atom is -0.381 e. The van der Waals surface area contributed by atoms with Gasteiger partial charge in [-0.1, -0.05) is 0 Å². The summed E-state index contributed by atoms with van der Waals surface area (Å²) in [5.74, 6) is 7.66. The zero-order chi connectivity index (χ0) is 11.8. The second-order valence-corrected chi connectivity index (χ2v) is 6.13. The van der Waals surface area contributed by atoms with E-state index in [2.05, 4.69) is 4.99 Å². The van der Waals surface area contributed by atoms with E-state index < -0.39 is 10.8 Å². The van der Waals surface area contributed by atoms with Crippen molar-refractivity contribution in [3.63, 3.8) is 0 Å². The molecule has 0 aromatic rings. The van der Waals surface area contributed by atoms with Crippen LogP contribution >= 0.6 is 0 Å². The van der Waals surface area contributed by atoms with Crippen LogP contribution in [0.3, 0.4) is 0 Å². The van der Waals surface area contributed by atoms with Gasteiger partial charge in [0, 0.05) is 19.0 Å². The van der Waals surface area contributed by atoms with E-state index in [4.69, 9.17) is 10.6 Å². The van der Waals surface area contributed by atoms with Crippen LogP contribution in [0.25, 0.3) is 0 Å². The van der Waals surface area contributed by atoms with Crippen LogP contribution in [-0.2, 0) is 15.5 Å². The van der Waals surface area contributed by atoms with Crippen LogP contribution < -0.4 is 5.84 Å². The summed E-state index contributed by atoms with van der Waals surface area (Å²) in [6.45, 7) is 2.19. The van der Waals surface area contributed by atoms with Crippen LogP contribution in [0.1, 0.15) is 19.3 Å². The van der Waals surface area contributed by atoms with Crippen molar-refractivity contribution in [2.75, 3.05) is 25.5 Å². The van der Waals surface area contributed by atoms with Crippen molar-refractivity contribution in [3.8, 4) is 0 Å². The molecule has 94 valence electrons. The lowest BCUT2D eigenvalue weighted by Crippen LogP contribution is -2.48. The number of ether oxygens (including phenoxy) is 1. The van der Waals surface area contributed by atoms with Crippen molar-refractivity contribution in [3.05, 3.63) is 10.5 Å². The molecule has 1 fully saturated rings. The Hall–Kier alpha value is -0.720. The monoisotopic (exact) mass is 255 g/mol. The first kappa shape index (κ1) is 11.4. The number of hydrazine groups is 1. The van der Waals surface area contributed by atoms with Gasteiger partial charge in [-0.2, -0.15) is 0 Å². The van der Waals surface area contributed by atoms with E-state index >= 15 is 0 Å². The smallest absolute Gasteiger partial charge is 0.154 e. The Balaban J connectivity index is 1.78. The molecule has 0 radical (unpaired) electrons. The van der Waals surface area contributed by atoms with Crippen LogP contribution in [0.5, 0.6) is 0 Å². The average molecular weight is 255 g/mol. The van der Waals surface area contributed by atoms with E-state index in [0.717, 1.165) is 49.0 Å². The van der Waals surface area contributed by atoms with Gasteiger partial charge in [-0.3, -0.25) is 14.2 Å². The number of aliphatic imine (C=N–C) groups is 1. The molecule has 3 aliphatic rings. The highest BCUT2D eigenvalue weighted by Gasteiger charge is 2.34. The third-order valence-electron chi connectivity index (χ3n) is 3.59. The normalized spacial score (nSPS) is 29.5. The second-order valence-electron chi connectivity index (χ2n) is 4.62. The molecule has 1 unspecified atom stereocenters. The predicted molar refractivity (Wildman–Crippen MR) is 66.8 cm³/mol. The molecule has 1 saturated heterocycles. The molecule has 3 heterocycles. The molecule has 0 aromatic carbocycles. The minimum absolute atomic E-state index is 0.270. The van der Waals surface area contributed by atoms with E-state index in [9.17, 15) is 4.21 Å². The van der Waals surface area contributed by atoms with Gasteiger partial charge in [0.1, 0.15) is 0 Å². The Morgan fingerprint density at radius 3 is 2.94 bits per heavy atom. The molecule has 0 aromatic heterocycles. The van der Waals surface area contributed by atoms with Gasteiger partial charge < -0.3 is 4.74 Å². The lowest BCUT2D eigenvalue weighted by molar-refractivity contribution is 0.0554. The minimum atomic E-state index is -0.887. The fourth-order valence-electron chi connectivity index (χ4n) is 2.58. The maximum Gasteiger partial charge on any atom is 0.154 e. The molecule has 17 heavy (non-hydrogen) atoms. The van der Waals surface area contributed by atoms with Gasteiger partial charge in [0.2, 0.25) is 0 Å². The highest BCUT2D eigenvalue weighted by molar-refractivity contribution is 7.90. The maximum atomic E-state index is 11.9. The Morgan fingerprint density at radius 2 is 2.18 bits per heavy atom. The van der Waals surface area contributed by atoms with Gasteiger partial charge in [-0.05, 0) is 24.8 Å². The van der Waals surface area contributed by atoms with E-state index in [1.807, 2.05) is 0 Å². The molecule has 0 saturated carbocycles. The number of nitrogens with zero attached hydrogens (tertiary/aromatic N) is 2. The first-order valence-corrected chi connectivity index (χ1v) is 7.36. The largest absolute Gasteiger partial charge is 0.381 e. The molecule has 0 spiro atoms. The third kappa shape index (κ3) is 1.94. The highest BCUT2D eigenvalue weighted by atomic mass is 32.2. The number of rotatable bonds is 1. The zero-order valence-electron chi connectivity index (χ0n) is 9.72. The quantitative estimate of drug-likeness (QED) is 0.535. The lowest BCUT2D eigenvalue weighted by atomic mass is 10.1. The fraction of sp³-hybridized carbons (Fsp3) is 0.727. The fourth-order valence-corrected chi connectivity index (χ4v) is 4.08. The average Bonchev–Trinajstić information content (AvgIpc) is 2.93. The van der Waals surface area contributed by atoms with Gasteiger partial charge in [-0.15, -0.1) is 0 Å². The second kappa shape index (κ2) is 4.51. The van der Waals surface area contributed by atoms with Gasteiger partial charge in [-0.25, -0.2) is 5.84 Å². The molecule has 2 N–H and O–H groups in total. The van der Waals surface area contributed by atoms with Crippen molar-refractivity contribution < 1.29 is 8.95 Å². The Bertz CT molecular complexity index is 413. The van der Waals surface area contributed by atoms with Crippen molar-refractivity contribution in [2.45, 2.75) is 25.3 Å². The molecule has 3 rings (SSSR count). The summed E-state index contributed by atoms with van der Waals surface area (Å²) >= 11 is 0. The van der Waals surface area contributed by atoms with Gasteiger partial charge in [0.15, 0.2) is 5.84 Å². The summed E-state index contributed by atoms with van der Waals surface area (Å²) in [5, 5.41) is 1.73. The molecule has 3 aliphatic heterocycles. The van der Waals surface area contributed by atoms with Crippen molar-refractivity contribution >= 4 is 16.6 Å².